The molecule has 2 heterocycles. The second-order valence-corrected chi connectivity index (χ2v) is 7.10. The number of rotatable bonds is 9. The lowest BCUT2D eigenvalue weighted by molar-refractivity contribution is -0.142. The molecule has 0 radical (unpaired) electrons. The van der Waals surface area contributed by atoms with E-state index in [9.17, 15) is 39.0 Å². The zero-order valence-corrected chi connectivity index (χ0v) is 17.3. The van der Waals surface area contributed by atoms with Crippen molar-refractivity contribution in [3.05, 3.63) is 44.1 Å². The number of hydrogen-bond donors (Lipinski definition) is 2. The Morgan fingerprint density at radius 1 is 0.871 bits per heavy atom. The van der Waals surface area contributed by atoms with Gasteiger partial charge in [0.05, 0.1) is 38.4 Å². The van der Waals surface area contributed by atoms with Crippen LogP contribution in [0, 0.1) is 0 Å². The number of allylic oxidation sites excluding steroid dienone is 1. The van der Waals surface area contributed by atoms with Crippen molar-refractivity contribution in [3.8, 4) is 0 Å². The molecule has 1 aliphatic heterocycles. The first-order valence-corrected chi connectivity index (χ1v) is 9.55. The van der Waals surface area contributed by atoms with Crippen LogP contribution in [0.2, 0.25) is 0 Å². The molecule has 4 amide bonds. The third kappa shape index (κ3) is 4.88. The summed E-state index contributed by atoms with van der Waals surface area (Å²) >= 11 is 0. The summed E-state index contributed by atoms with van der Waals surface area (Å²) in [6.07, 6.45) is -1.59. The van der Waals surface area contributed by atoms with Crippen LogP contribution >= 0.6 is 0 Å². The van der Waals surface area contributed by atoms with Crippen molar-refractivity contribution in [1.82, 2.24) is 23.5 Å². The Kier molecular flexibility index (Phi) is 7.46. The number of aromatic nitrogens is 3. The van der Waals surface area contributed by atoms with Gasteiger partial charge in [-0.05, 0) is 6.42 Å². The molecule has 2 N–H and O–H groups in total. The minimum absolute atomic E-state index is 0.216. The molecule has 1 fully saturated rings. The third-order valence-electron chi connectivity index (χ3n) is 4.84. The summed E-state index contributed by atoms with van der Waals surface area (Å²) in [5.41, 5.74) is -3.00. The van der Waals surface area contributed by atoms with Gasteiger partial charge in [-0.25, -0.2) is 32.9 Å². The Hall–Kier alpha value is -3.32. The number of barbiturate groups is 1. The van der Waals surface area contributed by atoms with E-state index in [1.807, 2.05) is 0 Å². The number of nitrogens with zero attached hydrogens (tertiary/aromatic N) is 5. The number of carbonyl (C=O) groups excluding carboxylic acids is 3. The molecular formula is C18H25N5O8. The molecule has 13 nitrogen and oxygen atoms in total. The van der Waals surface area contributed by atoms with E-state index in [1.165, 1.54) is 13.1 Å². The second kappa shape index (κ2) is 9.66. The molecular weight excluding hydrogens is 414 g/mol. The Balaban J connectivity index is 2.40. The molecule has 0 saturated carbocycles. The lowest BCUT2D eigenvalue weighted by Gasteiger charge is -2.31. The Bertz CT molecular complexity index is 1070. The number of amides is 4. The van der Waals surface area contributed by atoms with Crippen LogP contribution in [0.1, 0.15) is 19.8 Å². The van der Waals surface area contributed by atoms with Gasteiger partial charge in [-0.3, -0.25) is 19.4 Å². The van der Waals surface area contributed by atoms with E-state index in [0.717, 1.165) is 4.90 Å². The van der Waals surface area contributed by atoms with E-state index in [-0.39, 0.29) is 19.5 Å². The van der Waals surface area contributed by atoms with Crippen molar-refractivity contribution < 1.29 is 24.6 Å². The van der Waals surface area contributed by atoms with Gasteiger partial charge < -0.3 is 10.2 Å². The molecule has 1 aromatic heterocycles. The summed E-state index contributed by atoms with van der Waals surface area (Å²) in [7, 11) is 1.18. The van der Waals surface area contributed by atoms with Gasteiger partial charge in [0.25, 0.3) is 0 Å². The molecule has 2 unspecified atom stereocenters. The molecule has 1 aliphatic rings. The molecule has 0 aromatic carbocycles. The molecule has 0 aliphatic carbocycles. The maximum Gasteiger partial charge on any atom is 0.336 e. The average Bonchev–Trinajstić information content (AvgIpc) is 2.73. The Morgan fingerprint density at radius 3 is 1.90 bits per heavy atom. The van der Waals surface area contributed by atoms with Crippen LogP contribution < -0.4 is 17.1 Å². The van der Waals surface area contributed by atoms with Gasteiger partial charge in [-0.1, -0.05) is 13.0 Å². The topological polar surface area (TPSA) is 164 Å². The van der Waals surface area contributed by atoms with Gasteiger partial charge in [0.15, 0.2) is 0 Å². The second-order valence-electron chi connectivity index (χ2n) is 7.10. The first kappa shape index (κ1) is 24.0. The predicted molar refractivity (Wildman–Crippen MR) is 106 cm³/mol. The van der Waals surface area contributed by atoms with E-state index >= 15 is 0 Å². The minimum atomic E-state index is -1.54. The van der Waals surface area contributed by atoms with Crippen LogP contribution in [0.3, 0.4) is 0 Å². The Morgan fingerprint density at radius 2 is 1.39 bits per heavy atom. The fourth-order valence-electron chi connectivity index (χ4n) is 3.02. The molecule has 0 spiro atoms. The van der Waals surface area contributed by atoms with E-state index < -0.39 is 66.6 Å². The molecule has 13 heteroatoms. The molecule has 2 rings (SSSR count). The fourth-order valence-corrected chi connectivity index (χ4v) is 3.02. The summed E-state index contributed by atoms with van der Waals surface area (Å²) < 4.78 is 1.98. The first-order valence-electron chi connectivity index (χ1n) is 9.55. The highest BCUT2D eigenvalue weighted by atomic mass is 16.3. The van der Waals surface area contributed by atoms with Gasteiger partial charge in [-0.15, -0.1) is 6.58 Å². The van der Waals surface area contributed by atoms with Crippen molar-refractivity contribution in [2.24, 2.45) is 0 Å². The smallest absolute Gasteiger partial charge is 0.336 e. The monoisotopic (exact) mass is 439 g/mol. The zero-order chi connectivity index (χ0) is 23.5. The summed E-state index contributed by atoms with van der Waals surface area (Å²) in [4.78, 5) is 75.0. The molecule has 2 atom stereocenters. The summed E-state index contributed by atoms with van der Waals surface area (Å²) in [5, 5.41) is 20.3. The highest BCUT2D eigenvalue weighted by molar-refractivity contribution is 6.13. The number of aliphatic hydroxyl groups is 2. The summed E-state index contributed by atoms with van der Waals surface area (Å²) in [6.45, 7) is 3.32. The number of imide groups is 2. The lowest BCUT2D eigenvalue weighted by atomic mass is 10.2. The van der Waals surface area contributed by atoms with Gasteiger partial charge >= 0.3 is 23.1 Å². The van der Waals surface area contributed by atoms with Crippen molar-refractivity contribution in [3.63, 3.8) is 0 Å². The summed E-state index contributed by atoms with van der Waals surface area (Å²) in [5.74, 6) is -1.51. The molecule has 1 aromatic rings. The van der Waals surface area contributed by atoms with Crippen LogP contribution in [0.4, 0.5) is 4.79 Å². The van der Waals surface area contributed by atoms with E-state index in [1.54, 1.807) is 6.92 Å². The molecule has 170 valence electrons. The highest BCUT2D eigenvalue weighted by Gasteiger charge is 2.36. The van der Waals surface area contributed by atoms with Gasteiger partial charge in [-0.2, -0.15) is 0 Å². The van der Waals surface area contributed by atoms with Crippen LogP contribution in [0.25, 0.3) is 0 Å². The fraction of sp³-hybridized carbons (Fsp3) is 0.556. The van der Waals surface area contributed by atoms with Crippen molar-refractivity contribution in [1.29, 1.82) is 0 Å². The predicted octanol–water partition coefficient (Wildman–Crippen LogP) is -2.70. The SMILES string of the molecule is C=CCn1c(=O)n(CC(O)CC)c(=O)n(CC(O)CN2C(=O)CC(=O)N(C)C2=O)c1=O. The van der Waals surface area contributed by atoms with Crippen molar-refractivity contribution in [2.75, 3.05) is 13.6 Å². The van der Waals surface area contributed by atoms with Crippen molar-refractivity contribution in [2.45, 2.75) is 51.6 Å². The maximum absolute atomic E-state index is 12.7. The van der Waals surface area contributed by atoms with E-state index in [4.69, 9.17) is 0 Å². The van der Waals surface area contributed by atoms with Crippen molar-refractivity contribution >= 4 is 17.8 Å². The van der Waals surface area contributed by atoms with Gasteiger partial charge in [0, 0.05) is 7.05 Å². The largest absolute Gasteiger partial charge is 0.391 e. The number of aliphatic hydroxyl groups excluding tert-OH is 2. The van der Waals surface area contributed by atoms with E-state index in [2.05, 4.69) is 6.58 Å². The number of urea groups is 1. The number of carbonyl (C=O) groups is 3. The molecule has 31 heavy (non-hydrogen) atoms. The highest BCUT2D eigenvalue weighted by Crippen LogP contribution is 2.11. The lowest BCUT2D eigenvalue weighted by Crippen LogP contribution is -2.58. The van der Waals surface area contributed by atoms with E-state index in [0.29, 0.717) is 18.6 Å². The first-order chi connectivity index (χ1) is 14.5. The maximum atomic E-state index is 12.7. The van der Waals surface area contributed by atoms with Crippen LogP contribution in [-0.2, 0) is 29.2 Å². The Labute approximate surface area is 176 Å². The average molecular weight is 439 g/mol. The normalized spacial score (nSPS) is 16.6. The standard InChI is InChI=1S/C18H25N5O8/c1-4-6-20-16(29)22(8-11(24)5-2)18(31)23(17(20)30)10-12(25)9-21-14(27)7-13(26)19(3)15(21)28/h4,11-12,24-25H,1,5-10H2,2-3H3. The van der Waals surface area contributed by atoms with Gasteiger partial charge in [0.1, 0.15) is 6.42 Å². The third-order valence-corrected chi connectivity index (χ3v) is 4.84. The molecule has 0 bridgehead atoms. The number of β-amino-alcohol motifs (C(OH)–C–C–N with tert-alkyl or cyclic N) is 1. The minimum Gasteiger partial charge on any atom is -0.391 e. The quantitative estimate of drug-likeness (QED) is 0.310. The van der Waals surface area contributed by atoms with Gasteiger partial charge in [0.2, 0.25) is 11.8 Å². The van der Waals surface area contributed by atoms with Crippen LogP contribution in [0.5, 0.6) is 0 Å². The number of hydrogen-bond acceptors (Lipinski definition) is 8. The van der Waals surface area contributed by atoms with Crippen LogP contribution in [0.15, 0.2) is 27.0 Å². The van der Waals surface area contributed by atoms with Crippen LogP contribution in [-0.4, -0.2) is 77.4 Å². The zero-order valence-electron chi connectivity index (χ0n) is 17.3. The molecule has 1 saturated heterocycles. The summed E-state index contributed by atoms with van der Waals surface area (Å²) in [6, 6.07) is -0.937.